The lowest BCUT2D eigenvalue weighted by molar-refractivity contribution is -0.384. The van der Waals surface area contributed by atoms with E-state index in [0.29, 0.717) is 15.7 Å². The summed E-state index contributed by atoms with van der Waals surface area (Å²) in [4.78, 5) is 22.3. The van der Waals surface area contributed by atoms with Gasteiger partial charge in [-0.2, -0.15) is 0 Å². The van der Waals surface area contributed by atoms with Gasteiger partial charge in [0.05, 0.1) is 21.7 Å². The number of nitrogens with one attached hydrogen (secondary N) is 1. The SMILES string of the molecule is C[C@H](Oc1cccc([N+](=O)[O-])c1)C(=O)Nc1cc(Cl)ccc1Cl. The zero-order valence-corrected chi connectivity index (χ0v) is 13.5. The van der Waals surface area contributed by atoms with Crippen LogP contribution in [0.2, 0.25) is 10.0 Å². The number of ether oxygens (including phenoxy) is 1. The molecule has 0 aliphatic heterocycles. The molecule has 0 saturated heterocycles. The average molecular weight is 355 g/mol. The number of non-ortho nitro benzene ring substituents is 1. The Morgan fingerprint density at radius 2 is 2.00 bits per heavy atom. The molecule has 1 atom stereocenters. The highest BCUT2D eigenvalue weighted by atomic mass is 35.5. The maximum Gasteiger partial charge on any atom is 0.273 e. The molecule has 2 aromatic carbocycles. The van der Waals surface area contributed by atoms with Gasteiger partial charge in [0.25, 0.3) is 11.6 Å². The summed E-state index contributed by atoms with van der Waals surface area (Å²) in [5.41, 5.74) is 0.242. The van der Waals surface area contributed by atoms with Crippen molar-refractivity contribution in [1.82, 2.24) is 0 Å². The van der Waals surface area contributed by atoms with Gasteiger partial charge >= 0.3 is 0 Å². The van der Waals surface area contributed by atoms with Crippen molar-refractivity contribution in [3.05, 3.63) is 62.6 Å². The number of benzene rings is 2. The minimum atomic E-state index is -0.882. The normalized spacial score (nSPS) is 11.6. The summed E-state index contributed by atoms with van der Waals surface area (Å²) in [7, 11) is 0. The van der Waals surface area contributed by atoms with Crippen molar-refractivity contribution in [2.75, 3.05) is 5.32 Å². The summed E-state index contributed by atoms with van der Waals surface area (Å²) in [6, 6.07) is 10.3. The second-order valence-electron chi connectivity index (χ2n) is 4.63. The van der Waals surface area contributed by atoms with Gasteiger partial charge in [0.2, 0.25) is 0 Å². The highest BCUT2D eigenvalue weighted by Crippen LogP contribution is 2.26. The third kappa shape index (κ3) is 4.58. The molecule has 0 spiro atoms. The first-order valence-corrected chi connectivity index (χ1v) is 7.29. The molecule has 2 aromatic rings. The fourth-order valence-electron chi connectivity index (χ4n) is 1.76. The van der Waals surface area contributed by atoms with E-state index < -0.39 is 16.9 Å². The van der Waals surface area contributed by atoms with E-state index >= 15 is 0 Å². The molecule has 6 nitrogen and oxygen atoms in total. The standard InChI is InChI=1S/C15H12Cl2N2O4/c1-9(23-12-4-2-3-11(8-12)19(21)22)15(20)18-14-7-10(16)5-6-13(14)17/h2-9H,1H3,(H,18,20)/t9-/m0/s1. The van der Waals surface area contributed by atoms with Crippen LogP contribution in [-0.2, 0) is 4.79 Å². The zero-order chi connectivity index (χ0) is 17.0. The van der Waals surface area contributed by atoms with E-state index in [1.807, 2.05) is 0 Å². The van der Waals surface area contributed by atoms with Gasteiger partial charge in [-0.25, -0.2) is 0 Å². The van der Waals surface area contributed by atoms with Crippen LogP contribution >= 0.6 is 23.2 Å². The van der Waals surface area contributed by atoms with Crippen LogP contribution in [0.15, 0.2) is 42.5 Å². The van der Waals surface area contributed by atoms with E-state index in [0.717, 1.165) is 0 Å². The average Bonchev–Trinajstić information content (AvgIpc) is 2.51. The largest absolute Gasteiger partial charge is 0.481 e. The Kier molecular flexibility index (Phi) is 5.41. The predicted octanol–water partition coefficient (Wildman–Crippen LogP) is 4.31. The van der Waals surface area contributed by atoms with Crippen LogP contribution in [0.3, 0.4) is 0 Å². The summed E-state index contributed by atoms with van der Waals surface area (Å²) in [6.45, 7) is 1.52. The monoisotopic (exact) mass is 354 g/mol. The molecule has 23 heavy (non-hydrogen) atoms. The Morgan fingerprint density at radius 1 is 1.26 bits per heavy atom. The van der Waals surface area contributed by atoms with Gasteiger partial charge in [-0.05, 0) is 31.2 Å². The number of carbonyl (C=O) groups is 1. The van der Waals surface area contributed by atoms with Gasteiger partial charge in [-0.1, -0.05) is 29.3 Å². The molecule has 0 heterocycles. The highest BCUT2D eigenvalue weighted by molar-refractivity contribution is 6.35. The van der Waals surface area contributed by atoms with Gasteiger partial charge in [0, 0.05) is 11.1 Å². The number of hydrogen-bond donors (Lipinski definition) is 1. The van der Waals surface area contributed by atoms with Crippen molar-refractivity contribution >= 4 is 40.5 Å². The van der Waals surface area contributed by atoms with Crippen LogP contribution in [0.1, 0.15) is 6.92 Å². The van der Waals surface area contributed by atoms with E-state index in [1.165, 1.54) is 37.3 Å². The van der Waals surface area contributed by atoms with Crippen molar-refractivity contribution in [2.45, 2.75) is 13.0 Å². The fourth-order valence-corrected chi connectivity index (χ4v) is 2.09. The highest BCUT2D eigenvalue weighted by Gasteiger charge is 2.17. The number of carbonyl (C=O) groups excluding carboxylic acids is 1. The molecule has 0 aliphatic carbocycles. The van der Waals surface area contributed by atoms with Gasteiger partial charge < -0.3 is 10.1 Å². The number of hydrogen-bond acceptors (Lipinski definition) is 4. The summed E-state index contributed by atoms with van der Waals surface area (Å²) in [5, 5.41) is 14.1. The third-order valence-electron chi connectivity index (χ3n) is 2.90. The maximum absolute atomic E-state index is 12.1. The number of nitro groups is 1. The van der Waals surface area contributed by atoms with Crippen LogP contribution in [0, 0.1) is 10.1 Å². The van der Waals surface area contributed by atoms with Crippen LogP contribution < -0.4 is 10.1 Å². The molecule has 0 saturated carbocycles. The molecule has 1 N–H and O–H groups in total. The number of nitrogens with zero attached hydrogens (tertiary/aromatic N) is 1. The van der Waals surface area contributed by atoms with E-state index in [2.05, 4.69) is 5.32 Å². The van der Waals surface area contributed by atoms with Crippen LogP contribution in [-0.4, -0.2) is 16.9 Å². The number of amides is 1. The molecular weight excluding hydrogens is 343 g/mol. The molecule has 8 heteroatoms. The first-order valence-electron chi connectivity index (χ1n) is 6.54. The summed E-state index contributed by atoms with van der Waals surface area (Å²) >= 11 is 11.8. The molecule has 0 aliphatic rings. The molecule has 2 rings (SSSR count). The number of halogens is 2. The van der Waals surface area contributed by atoms with Crippen molar-refractivity contribution in [3.8, 4) is 5.75 Å². The Balaban J connectivity index is 2.07. The van der Waals surface area contributed by atoms with Gasteiger partial charge in [-0.3, -0.25) is 14.9 Å². The lowest BCUT2D eigenvalue weighted by atomic mass is 10.2. The Labute approximate surface area is 142 Å². The Bertz CT molecular complexity index is 752. The molecular formula is C15H12Cl2N2O4. The van der Waals surface area contributed by atoms with Crippen molar-refractivity contribution in [1.29, 1.82) is 0 Å². The molecule has 0 bridgehead atoms. The Hall–Kier alpha value is -2.31. The van der Waals surface area contributed by atoms with Crippen LogP contribution in [0.4, 0.5) is 11.4 Å². The van der Waals surface area contributed by atoms with E-state index in [1.54, 1.807) is 12.1 Å². The zero-order valence-electron chi connectivity index (χ0n) is 12.0. The second kappa shape index (κ2) is 7.30. The predicted molar refractivity (Wildman–Crippen MR) is 88.3 cm³/mol. The van der Waals surface area contributed by atoms with E-state index in [9.17, 15) is 14.9 Å². The Morgan fingerprint density at radius 3 is 2.70 bits per heavy atom. The fraction of sp³-hybridized carbons (Fsp3) is 0.133. The molecule has 0 fully saturated rings. The van der Waals surface area contributed by atoms with E-state index in [4.69, 9.17) is 27.9 Å². The van der Waals surface area contributed by atoms with Crippen molar-refractivity contribution in [3.63, 3.8) is 0 Å². The molecule has 0 radical (unpaired) electrons. The van der Waals surface area contributed by atoms with Crippen LogP contribution in [0.25, 0.3) is 0 Å². The van der Waals surface area contributed by atoms with Crippen molar-refractivity contribution < 1.29 is 14.5 Å². The smallest absolute Gasteiger partial charge is 0.273 e. The quantitative estimate of drug-likeness (QED) is 0.640. The topological polar surface area (TPSA) is 81.5 Å². The second-order valence-corrected chi connectivity index (χ2v) is 5.47. The van der Waals surface area contributed by atoms with Gasteiger partial charge in [-0.15, -0.1) is 0 Å². The molecule has 120 valence electrons. The summed E-state index contributed by atoms with van der Waals surface area (Å²) in [6.07, 6.45) is -0.882. The number of nitro benzene ring substituents is 1. The van der Waals surface area contributed by atoms with E-state index in [-0.39, 0.29) is 11.4 Å². The van der Waals surface area contributed by atoms with Gasteiger partial charge in [0.15, 0.2) is 6.10 Å². The lowest BCUT2D eigenvalue weighted by Gasteiger charge is -2.15. The van der Waals surface area contributed by atoms with Crippen LogP contribution in [0.5, 0.6) is 5.75 Å². The maximum atomic E-state index is 12.1. The minimum Gasteiger partial charge on any atom is -0.481 e. The first kappa shape index (κ1) is 17.1. The molecule has 1 amide bonds. The number of rotatable bonds is 5. The lowest BCUT2D eigenvalue weighted by Crippen LogP contribution is -2.30. The van der Waals surface area contributed by atoms with Gasteiger partial charge in [0.1, 0.15) is 5.75 Å². The first-order chi connectivity index (χ1) is 10.9. The number of anilines is 1. The summed E-state index contributed by atoms with van der Waals surface area (Å²) in [5.74, 6) is -0.236. The minimum absolute atomic E-state index is 0.118. The van der Waals surface area contributed by atoms with Crippen molar-refractivity contribution in [2.24, 2.45) is 0 Å². The molecule has 0 aromatic heterocycles. The third-order valence-corrected chi connectivity index (χ3v) is 3.46. The molecule has 0 unspecified atom stereocenters. The summed E-state index contributed by atoms with van der Waals surface area (Å²) < 4.78 is 5.42.